The molecular weight excluding hydrogens is 250 g/mol. The van der Waals surface area contributed by atoms with E-state index in [1.807, 2.05) is 13.8 Å². The van der Waals surface area contributed by atoms with Crippen LogP contribution in [0.1, 0.15) is 64.7 Å². The summed E-state index contributed by atoms with van der Waals surface area (Å²) in [6.07, 6.45) is 2.20. The Morgan fingerprint density at radius 2 is 2.11 bits per heavy atom. The number of ether oxygens (including phenoxy) is 1. The molecule has 2 rings (SSSR count). The van der Waals surface area contributed by atoms with Gasteiger partial charge in [0.05, 0.1) is 11.6 Å². The van der Waals surface area contributed by atoms with Crippen molar-refractivity contribution in [3.63, 3.8) is 0 Å². The number of ketones is 1. The first-order chi connectivity index (χ1) is 8.54. The van der Waals surface area contributed by atoms with E-state index in [1.165, 1.54) is 11.3 Å². The Balaban J connectivity index is 2.35. The molecule has 1 fully saturated rings. The molecule has 0 unspecified atom stereocenters. The standard InChI is InChI=1S/C13H17NO3S/c1-4-17-13(16)11-9(10(15)7(2)3)14-12(18-11)8-5-6-8/h7-8H,4-6H2,1-3H3. The topological polar surface area (TPSA) is 56.3 Å². The zero-order valence-corrected chi connectivity index (χ0v) is 11.7. The number of esters is 1. The summed E-state index contributed by atoms with van der Waals surface area (Å²) in [5.74, 6) is -0.226. The molecule has 5 heteroatoms. The molecule has 0 aliphatic heterocycles. The molecule has 1 aliphatic carbocycles. The lowest BCUT2D eigenvalue weighted by Crippen LogP contribution is -2.14. The normalized spacial score (nSPS) is 14.9. The number of thiazole rings is 1. The highest BCUT2D eigenvalue weighted by Crippen LogP contribution is 2.43. The van der Waals surface area contributed by atoms with Crippen molar-refractivity contribution in [1.29, 1.82) is 0 Å². The van der Waals surface area contributed by atoms with Gasteiger partial charge in [0.1, 0.15) is 10.6 Å². The highest BCUT2D eigenvalue weighted by Gasteiger charge is 2.32. The second kappa shape index (κ2) is 5.18. The lowest BCUT2D eigenvalue weighted by molar-refractivity contribution is 0.0528. The van der Waals surface area contributed by atoms with Crippen molar-refractivity contribution < 1.29 is 14.3 Å². The summed E-state index contributed by atoms with van der Waals surface area (Å²) in [4.78, 5) is 28.6. The van der Waals surface area contributed by atoms with Crippen LogP contribution in [0.25, 0.3) is 0 Å². The monoisotopic (exact) mass is 267 g/mol. The molecular formula is C13H17NO3S. The van der Waals surface area contributed by atoms with Crippen molar-refractivity contribution in [1.82, 2.24) is 4.98 Å². The summed E-state index contributed by atoms with van der Waals surface area (Å²) >= 11 is 1.32. The molecule has 0 N–H and O–H groups in total. The lowest BCUT2D eigenvalue weighted by atomic mass is 10.1. The molecule has 0 atom stereocenters. The maximum Gasteiger partial charge on any atom is 0.350 e. The molecule has 1 saturated carbocycles. The summed E-state index contributed by atoms with van der Waals surface area (Å²) in [6, 6.07) is 0. The SMILES string of the molecule is CCOC(=O)c1sc(C2CC2)nc1C(=O)C(C)C. The number of Topliss-reactive ketones (excluding diaryl/α,β-unsaturated/α-hetero) is 1. The quantitative estimate of drug-likeness (QED) is 0.608. The first-order valence-electron chi connectivity index (χ1n) is 6.26. The van der Waals surface area contributed by atoms with Gasteiger partial charge in [-0.3, -0.25) is 4.79 Å². The molecule has 1 aromatic rings. The Labute approximate surface area is 110 Å². The van der Waals surface area contributed by atoms with Gasteiger partial charge in [-0.15, -0.1) is 11.3 Å². The summed E-state index contributed by atoms with van der Waals surface area (Å²) in [5, 5.41) is 0.905. The average Bonchev–Trinajstić information content (AvgIpc) is 3.07. The van der Waals surface area contributed by atoms with Crippen molar-refractivity contribution in [2.24, 2.45) is 5.92 Å². The fourth-order valence-corrected chi connectivity index (χ4v) is 2.75. The number of rotatable bonds is 5. The van der Waals surface area contributed by atoms with E-state index < -0.39 is 5.97 Å². The lowest BCUT2D eigenvalue weighted by Gasteiger charge is -2.03. The Morgan fingerprint density at radius 3 is 2.61 bits per heavy atom. The van der Waals surface area contributed by atoms with Crippen molar-refractivity contribution in [3.8, 4) is 0 Å². The summed E-state index contributed by atoms with van der Waals surface area (Å²) < 4.78 is 4.99. The fourth-order valence-electron chi connectivity index (χ4n) is 1.62. The van der Waals surface area contributed by atoms with Gasteiger partial charge in [0.15, 0.2) is 5.78 Å². The van der Waals surface area contributed by atoms with E-state index in [1.54, 1.807) is 6.92 Å². The molecule has 1 aromatic heterocycles. The van der Waals surface area contributed by atoms with Crippen LogP contribution < -0.4 is 0 Å². The Morgan fingerprint density at radius 1 is 1.44 bits per heavy atom. The third-order valence-corrected chi connectivity index (χ3v) is 3.99. The largest absolute Gasteiger partial charge is 0.462 e. The van der Waals surface area contributed by atoms with Gasteiger partial charge in [0, 0.05) is 11.8 Å². The molecule has 4 nitrogen and oxygen atoms in total. The third-order valence-electron chi connectivity index (χ3n) is 2.79. The van der Waals surface area contributed by atoms with Gasteiger partial charge in [-0.05, 0) is 19.8 Å². The van der Waals surface area contributed by atoms with Gasteiger partial charge >= 0.3 is 5.97 Å². The van der Waals surface area contributed by atoms with Crippen LogP contribution in [0.5, 0.6) is 0 Å². The predicted molar refractivity (Wildman–Crippen MR) is 69.2 cm³/mol. The van der Waals surface area contributed by atoms with Crippen molar-refractivity contribution in [2.45, 2.75) is 39.5 Å². The smallest absolute Gasteiger partial charge is 0.350 e. The molecule has 18 heavy (non-hydrogen) atoms. The Bertz CT molecular complexity index is 475. The molecule has 0 bridgehead atoms. The molecule has 0 spiro atoms. The molecule has 0 aromatic carbocycles. The van der Waals surface area contributed by atoms with Gasteiger partial charge < -0.3 is 4.74 Å². The maximum absolute atomic E-state index is 12.1. The number of carbonyl (C=O) groups excluding carboxylic acids is 2. The van der Waals surface area contributed by atoms with E-state index in [-0.39, 0.29) is 11.7 Å². The minimum absolute atomic E-state index is 0.0822. The Hall–Kier alpha value is -1.23. The predicted octanol–water partition coefficient (Wildman–Crippen LogP) is 3.04. The van der Waals surface area contributed by atoms with Crippen LogP contribution in [-0.2, 0) is 4.74 Å². The van der Waals surface area contributed by atoms with Crippen LogP contribution in [0.3, 0.4) is 0 Å². The summed E-state index contributed by atoms with van der Waals surface area (Å²) in [5.41, 5.74) is 0.301. The highest BCUT2D eigenvalue weighted by atomic mass is 32.1. The van der Waals surface area contributed by atoms with Crippen LogP contribution in [0, 0.1) is 5.92 Å². The van der Waals surface area contributed by atoms with Gasteiger partial charge in [-0.25, -0.2) is 9.78 Å². The van der Waals surface area contributed by atoms with E-state index in [9.17, 15) is 9.59 Å². The number of hydrogen-bond donors (Lipinski definition) is 0. The van der Waals surface area contributed by atoms with Crippen LogP contribution >= 0.6 is 11.3 Å². The zero-order valence-electron chi connectivity index (χ0n) is 10.9. The van der Waals surface area contributed by atoms with E-state index in [0.29, 0.717) is 23.1 Å². The Kier molecular flexibility index (Phi) is 3.80. The number of hydrogen-bond acceptors (Lipinski definition) is 5. The van der Waals surface area contributed by atoms with Gasteiger partial charge in [-0.2, -0.15) is 0 Å². The van der Waals surface area contributed by atoms with Crippen molar-refractivity contribution >= 4 is 23.1 Å². The molecule has 0 saturated heterocycles. The minimum atomic E-state index is -0.425. The number of nitrogens with zero attached hydrogens (tertiary/aromatic N) is 1. The van der Waals surface area contributed by atoms with Crippen molar-refractivity contribution in [3.05, 3.63) is 15.6 Å². The summed E-state index contributed by atoms with van der Waals surface area (Å²) in [6.45, 7) is 5.69. The van der Waals surface area contributed by atoms with E-state index in [4.69, 9.17) is 4.74 Å². The number of aromatic nitrogens is 1. The molecule has 0 radical (unpaired) electrons. The number of carbonyl (C=O) groups is 2. The summed E-state index contributed by atoms with van der Waals surface area (Å²) in [7, 11) is 0. The zero-order chi connectivity index (χ0) is 13.3. The van der Waals surface area contributed by atoms with Gasteiger partial charge in [-0.1, -0.05) is 13.8 Å². The van der Waals surface area contributed by atoms with E-state index in [0.717, 1.165) is 17.8 Å². The minimum Gasteiger partial charge on any atom is -0.462 e. The molecule has 1 heterocycles. The van der Waals surface area contributed by atoms with Crippen LogP contribution in [0.2, 0.25) is 0 Å². The van der Waals surface area contributed by atoms with Gasteiger partial charge in [0.2, 0.25) is 0 Å². The maximum atomic E-state index is 12.1. The fraction of sp³-hybridized carbons (Fsp3) is 0.615. The molecule has 0 amide bonds. The third kappa shape index (κ3) is 2.61. The van der Waals surface area contributed by atoms with Crippen LogP contribution in [0.4, 0.5) is 0 Å². The van der Waals surface area contributed by atoms with Crippen LogP contribution in [-0.4, -0.2) is 23.3 Å². The average molecular weight is 267 g/mol. The first-order valence-corrected chi connectivity index (χ1v) is 7.08. The van der Waals surface area contributed by atoms with Crippen molar-refractivity contribution in [2.75, 3.05) is 6.61 Å². The van der Waals surface area contributed by atoms with Crippen LogP contribution in [0.15, 0.2) is 0 Å². The van der Waals surface area contributed by atoms with Gasteiger partial charge in [0.25, 0.3) is 0 Å². The van der Waals surface area contributed by atoms with E-state index >= 15 is 0 Å². The first kappa shape index (κ1) is 13.2. The van der Waals surface area contributed by atoms with E-state index in [2.05, 4.69) is 4.98 Å². The second-order valence-electron chi connectivity index (χ2n) is 4.74. The second-order valence-corrected chi connectivity index (χ2v) is 5.77. The molecule has 98 valence electrons. The highest BCUT2D eigenvalue weighted by molar-refractivity contribution is 7.14. The molecule has 1 aliphatic rings.